The van der Waals surface area contributed by atoms with Gasteiger partial charge in [0.05, 0.1) is 20.9 Å². The van der Waals surface area contributed by atoms with E-state index in [9.17, 15) is 23.1 Å². The molecule has 3 N–H and O–H groups in total. The Morgan fingerprint density at radius 2 is 1.94 bits per heavy atom. The minimum Gasteiger partial charge on any atom is -0.337 e. The first-order valence-electron chi connectivity index (χ1n) is 8.78. The summed E-state index contributed by atoms with van der Waals surface area (Å²) in [7, 11) is -4.43. The maximum absolute atomic E-state index is 11.6. The van der Waals surface area contributed by atoms with Crippen LogP contribution in [-0.2, 0) is 10.1 Å². The van der Waals surface area contributed by atoms with Crippen molar-refractivity contribution in [2.24, 2.45) is 5.10 Å². The summed E-state index contributed by atoms with van der Waals surface area (Å²) in [6.45, 7) is 0. The van der Waals surface area contributed by atoms with E-state index in [0.29, 0.717) is 16.9 Å². The Balaban J connectivity index is 1.79. The van der Waals surface area contributed by atoms with Crippen LogP contribution in [0.2, 0.25) is 0 Å². The number of hydrogen-bond donors (Lipinski definition) is 3. The van der Waals surface area contributed by atoms with Gasteiger partial charge in [-0.3, -0.25) is 20.1 Å². The molecule has 2 heterocycles. The molecule has 31 heavy (non-hydrogen) atoms. The van der Waals surface area contributed by atoms with Crippen LogP contribution in [0.4, 0.5) is 11.5 Å². The van der Waals surface area contributed by atoms with Gasteiger partial charge >= 0.3 is 0 Å². The minimum atomic E-state index is -4.43. The zero-order valence-electron chi connectivity index (χ0n) is 15.6. The Kier molecular flexibility index (Phi) is 5.15. The zero-order valence-corrected chi connectivity index (χ0v) is 16.4. The van der Waals surface area contributed by atoms with Gasteiger partial charge in [0.1, 0.15) is 17.7 Å². The third-order valence-corrected chi connectivity index (χ3v) is 5.11. The van der Waals surface area contributed by atoms with E-state index >= 15 is 0 Å². The highest BCUT2D eigenvalue weighted by Gasteiger charge is 2.17. The highest BCUT2D eigenvalue weighted by atomic mass is 32.2. The van der Waals surface area contributed by atoms with Gasteiger partial charge in [-0.25, -0.2) is 9.97 Å². The average molecular weight is 438 g/mol. The lowest BCUT2D eigenvalue weighted by atomic mass is 10.1. The maximum Gasteiger partial charge on any atom is 0.294 e. The van der Waals surface area contributed by atoms with Crippen LogP contribution in [0.15, 0.2) is 76.9 Å². The maximum atomic E-state index is 11.6. The van der Waals surface area contributed by atoms with Crippen LogP contribution in [0.3, 0.4) is 0 Å². The second-order valence-electron chi connectivity index (χ2n) is 6.34. The summed E-state index contributed by atoms with van der Waals surface area (Å²) < 4.78 is 32.5. The number of aromatic nitrogens is 3. The molecule has 0 fully saturated rings. The number of imidazole rings is 1. The number of nitrogens with zero attached hydrogens (tertiary/aromatic N) is 4. The van der Waals surface area contributed by atoms with Gasteiger partial charge in [-0.05, 0) is 30.3 Å². The lowest BCUT2D eigenvalue weighted by Crippen LogP contribution is -2.10. The summed E-state index contributed by atoms with van der Waals surface area (Å²) in [5.41, 5.74) is 4.52. The number of benzene rings is 2. The number of fused-ring (bicyclic) bond motifs is 1. The summed E-state index contributed by atoms with van der Waals surface area (Å²) >= 11 is 0. The van der Waals surface area contributed by atoms with Crippen molar-refractivity contribution >= 4 is 38.4 Å². The van der Waals surface area contributed by atoms with Crippen molar-refractivity contribution in [2.45, 2.75) is 4.90 Å². The Hall–Kier alpha value is -4.16. The first-order valence-corrected chi connectivity index (χ1v) is 10.2. The van der Waals surface area contributed by atoms with E-state index in [-0.39, 0.29) is 22.1 Å². The molecule has 0 atom stereocenters. The molecule has 0 aliphatic carbocycles. The van der Waals surface area contributed by atoms with Crippen molar-refractivity contribution in [2.75, 3.05) is 5.43 Å². The molecule has 12 heteroatoms. The first-order chi connectivity index (χ1) is 14.8. The van der Waals surface area contributed by atoms with Crippen LogP contribution in [-0.4, -0.2) is 38.6 Å². The van der Waals surface area contributed by atoms with Gasteiger partial charge in [0, 0.05) is 11.6 Å². The van der Waals surface area contributed by atoms with Gasteiger partial charge in [-0.15, -0.1) is 0 Å². The highest BCUT2D eigenvalue weighted by molar-refractivity contribution is 7.85. The number of para-hydroxylation sites is 2. The van der Waals surface area contributed by atoms with E-state index in [0.717, 1.165) is 11.7 Å². The van der Waals surface area contributed by atoms with E-state index in [4.69, 9.17) is 0 Å². The number of nitrogens with one attached hydrogen (secondary N) is 2. The molecular formula is C19H14N6O5S. The molecule has 0 aliphatic heterocycles. The number of hydrazone groups is 1. The van der Waals surface area contributed by atoms with E-state index in [1.54, 1.807) is 12.1 Å². The fourth-order valence-corrected chi connectivity index (χ4v) is 3.32. The molecule has 0 saturated carbocycles. The molecule has 0 radical (unpaired) electrons. The lowest BCUT2D eigenvalue weighted by molar-refractivity contribution is -0.385. The number of aromatic amines is 1. The second kappa shape index (κ2) is 7.93. The Bertz CT molecular complexity index is 1380. The van der Waals surface area contributed by atoms with Gasteiger partial charge in [0.15, 0.2) is 5.82 Å². The second-order valence-corrected chi connectivity index (χ2v) is 7.76. The van der Waals surface area contributed by atoms with E-state index in [2.05, 4.69) is 25.5 Å². The van der Waals surface area contributed by atoms with E-state index < -0.39 is 15.0 Å². The fraction of sp³-hybridized carbons (Fsp3) is 0. The van der Waals surface area contributed by atoms with Crippen LogP contribution in [0.5, 0.6) is 0 Å². The van der Waals surface area contributed by atoms with Crippen LogP contribution >= 0.6 is 0 Å². The molecule has 4 rings (SSSR count). The number of pyridine rings is 1. The molecule has 0 saturated heterocycles. The van der Waals surface area contributed by atoms with Gasteiger partial charge in [-0.2, -0.15) is 13.5 Å². The summed E-state index contributed by atoms with van der Waals surface area (Å²) in [6.07, 6.45) is 1.08. The van der Waals surface area contributed by atoms with Crippen LogP contribution in [0, 0.1) is 10.1 Å². The van der Waals surface area contributed by atoms with Crippen LogP contribution < -0.4 is 5.43 Å². The molecule has 0 unspecified atom stereocenters. The average Bonchev–Trinajstić information content (AvgIpc) is 3.18. The Labute approximate surface area is 175 Å². The Morgan fingerprint density at radius 3 is 2.61 bits per heavy atom. The van der Waals surface area contributed by atoms with Crippen molar-refractivity contribution in [3.8, 4) is 0 Å². The fourth-order valence-electron chi connectivity index (χ4n) is 2.80. The van der Waals surface area contributed by atoms with Crippen molar-refractivity contribution in [1.82, 2.24) is 15.0 Å². The normalized spacial score (nSPS) is 12.1. The molecule has 4 aromatic rings. The lowest BCUT2D eigenvalue weighted by Gasteiger charge is -2.07. The monoisotopic (exact) mass is 438 g/mol. The van der Waals surface area contributed by atoms with Crippen molar-refractivity contribution in [3.63, 3.8) is 0 Å². The zero-order chi connectivity index (χ0) is 22.0. The predicted octanol–water partition coefficient (Wildman–Crippen LogP) is 2.98. The standard InChI is InChI=1S/C19H14N6O5S/c26-25(27)13-8-9-17(20-11-13)23-24-18(12-4-3-5-14(10-12)31(28,29)30)19-21-15-6-1-2-7-16(15)22-19/h1-11H,(H,20,23)(H,21,22)(H,28,29,30). The van der Waals surface area contributed by atoms with Crippen LogP contribution in [0.25, 0.3) is 11.0 Å². The molecule has 156 valence electrons. The van der Waals surface area contributed by atoms with Crippen molar-refractivity contribution in [3.05, 3.63) is 88.4 Å². The smallest absolute Gasteiger partial charge is 0.294 e. The number of hydrogen-bond acceptors (Lipinski definition) is 8. The van der Waals surface area contributed by atoms with Crippen molar-refractivity contribution < 1.29 is 17.9 Å². The third kappa shape index (κ3) is 4.39. The molecule has 11 nitrogen and oxygen atoms in total. The number of H-pyrrole nitrogens is 1. The third-order valence-electron chi connectivity index (χ3n) is 4.26. The molecular weight excluding hydrogens is 424 g/mol. The topological polar surface area (TPSA) is 163 Å². The molecule has 2 aromatic heterocycles. The molecule has 0 bridgehead atoms. The largest absolute Gasteiger partial charge is 0.337 e. The highest BCUT2D eigenvalue weighted by Crippen LogP contribution is 2.18. The Morgan fingerprint density at radius 1 is 1.13 bits per heavy atom. The van der Waals surface area contributed by atoms with E-state index in [1.165, 1.54) is 30.3 Å². The molecule has 0 spiro atoms. The predicted molar refractivity (Wildman–Crippen MR) is 113 cm³/mol. The summed E-state index contributed by atoms with van der Waals surface area (Å²) in [4.78, 5) is 21.4. The number of nitro groups is 1. The van der Waals surface area contributed by atoms with Gasteiger partial charge in [0.25, 0.3) is 15.8 Å². The summed E-state index contributed by atoms with van der Waals surface area (Å²) in [5, 5.41) is 15.1. The summed E-state index contributed by atoms with van der Waals surface area (Å²) in [5.74, 6) is 0.563. The van der Waals surface area contributed by atoms with Crippen molar-refractivity contribution in [1.29, 1.82) is 0 Å². The molecule has 2 aromatic carbocycles. The van der Waals surface area contributed by atoms with Gasteiger partial charge in [-0.1, -0.05) is 24.3 Å². The van der Waals surface area contributed by atoms with Crippen LogP contribution in [0.1, 0.15) is 11.4 Å². The molecule has 0 aliphatic rings. The quantitative estimate of drug-likeness (QED) is 0.179. The SMILES string of the molecule is O=[N+]([O-])c1ccc(NN=C(c2cccc(S(=O)(=O)O)c2)c2nc3ccccc3[nH]2)nc1. The minimum absolute atomic E-state index is 0.173. The molecule has 0 amide bonds. The van der Waals surface area contributed by atoms with Gasteiger partial charge in [0.2, 0.25) is 0 Å². The van der Waals surface area contributed by atoms with Gasteiger partial charge < -0.3 is 4.98 Å². The number of anilines is 1. The summed E-state index contributed by atoms with van der Waals surface area (Å²) in [6, 6.07) is 15.5. The number of rotatable bonds is 6. The van der Waals surface area contributed by atoms with E-state index in [1.807, 2.05) is 18.2 Å². The first kappa shape index (κ1) is 20.1.